The molecule has 2 atom stereocenters. The molecule has 1 aromatic carbocycles. The van der Waals surface area contributed by atoms with E-state index < -0.39 is 0 Å². The van der Waals surface area contributed by atoms with Crippen LogP contribution in [0.1, 0.15) is 24.5 Å². The molecule has 1 aromatic rings. The molecule has 0 saturated heterocycles. The third-order valence-electron chi connectivity index (χ3n) is 3.57. The Hall–Kier alpha value is -1.00. The van der Waals surface area contributed by atoms with Gasteiger partial charge in [-0.25, -0.2) is 4.39 Å². The van der Waals surface area contributed by atoms with Crippen molar-refractivity contribution in [3.63, 3.8) is 0 Å². The number of benzene rings is 1. The van der Waals surface area contributed by atoms with Crippen molar-refractivity contribution in [3.05, 3.63) is 35.1 Å². The predicted octanol–water partition coefficient (Wildman–Crippen LogP) is 2.55. The zero-order valence-electron chi connectivity index (χ0n) is 10.8. The molecule has 0 amide bonds. The van der Waals surface area contributed by atoms with Crippen LogP contribution in [0.3, 0.4) is 0 Å². The third kappa shape index (κ3) is 3.27. The molecule has 1 fully saturated rings. The van der Waals surface area contributed by atoms with E-state index in [4.69, 9.17) is 18.0 Å². The van der Waals surface area contributed by atoms with Gasteiger partial charge in [-0.3, -0.25) is 0 Å². The monoisotopic (exact) mass is 266 g/mol. The maximum atomic E-state index is 13.4. The average Bonchev–Trinajstić information content (AvgIpc) is 2.96. The molecule has 0 aromatic heterocycles. The maximum absolute atomic E-state index is 13.4. The number of halogens is 1. The molecule has 0 aliphatic heterocycles. The number of rotatable bonds is 5. The summed E-state index contributed by atoms with van der Waals surface area (Å²) in [6.45, 7) is 4.18. The van der Waals surface area contributed by atoms with Crippen LogP contribution in [0.25, 0.3) is 0 Å². The van der Waals surface area contributed by atoms with Gasteiger partial charge in [0, 0.05) is 18.7 Å². The molecule has 2 rings (SSSR count). The zero-order valence-corrected chi connectivity index (χ0v) is 11.6. The van der Waals surface area contributed by atoms with Crippen molar-refractivity contribution in [2.45, 2.75) is 19.9 Å². The molecule has 0 radical (unpaired) electrons. The van der Waals surface area contributed by atoms with Crippen LogP contribution in [0.2, 0.25) is 0 Å². The van der Waals surface area contributed by atoms with Crippen LogP contribution in [0.4, 0.5) is 4.39 Å². The van der Waals surface area contributed by atoms with E-state index in [1.807, 2.05) is 0 Å². The van der Waals surface area contributed by atoms with Crippen LogP contribution in [-0.2, 0) is 6.54 Å². The Balaban J connectivity index is 2.00. The van der Waals surface area contributed by atoms with Gasteiger partial charge in [-0.05, 0) is 43.0 Å². The van der Waals surface area contributed by atoms with Crippen molar-refractivity contribution in [3.8, 4) is 0 Å². The number of thiocarbonyl (C=S) groups is 1. The first-order valence-electron chi connectivity index (χ1n) is 6.24. The highest BCUT2D eigenvalue weighted by molar-refractivity contribution is 7.80. The van der Waals surface area contributed by atoms with E-state index in [9.17, 15) is 4.39 Å². The molecule has 2 N–H and O–H groups in total. The minimum atomic E-state index is -0.343. The van der Waals surface area contributed by atoms with E-state index in [0.717, 1.165) is 30.5 Å². The van der Waals surface area contributed by atoms with Crippen LogP contribution < -0.4 is 5.73 Å². The Morgan fingerprint density at radius 2 is 2.22 bits per heavy atom. The van der Waals surface area contributed by atoms with E-state index in [1.54, 1.807) is 12.1 Å². The quantitative estimate of drug-likeness (QED) is 0.831. The number of hydrogen-bond acceptors (Lipinski definition) is 2. The second-order valence-electron chi connectivity index (χ2n) is 5.35. The van der Waals surface area contributed by atoms with E-state index in [2.05, 4.69) is 18.9 Å². The summed E-state index contributed by atoms with van der Waals surface area (Å²) in [5, 5.41) is 0. The van der Waals surface area contributed by atoms with Crippen molar-refractivity contribution >= 4 is 17.2 Å². The van der Waals surface area contributed by atoms with Crippen molar-refractivity contribution < 1.29 is 4.39 Å². The topological polar surface area (TPSA) is 29.3 Å². The smallest absolute Gasteiger partial charge is 0.133 e. The lowest BCUT2D eigenvalue weighted by atomic mass is 10.1. The van der Waals surface area contributed by atoms with Gasteiger partial charge >= 0.3 is 0 Å². The maximum Gasteiger partial charge on any atom is 0.133 e. The normalized spacial score (nSPS) is 22.2. The van der Waals surface area contributed by atoms with Crippen molar-refractivity contribution in [2.75, 3.05) is 13.6 Å². The van der Waals surface area contributed by atoms with E-state index in [1.165, 1.54) is 12.5 Å². The Kier molecular flexibility index (Phi) is 3.97. The Labute approximate surface area is 113 Å². The first-order valence-corrected chi connectivity index (χ1v) is 6.65. The number of nitrogens with two attached hydrogens (primary N) is 1. The van der Waals surface area contributed by atoms with Crippen LogP contribution in [0, 0.1) is 17.7 Å². The molecule has 4 heteroatoms. The highest BCUT2D eigenvalue weighted by Crippen LogP contribution is 2.38. The fraction of sp³-hybridized carbons (Fsp3) is 0.500. The number of nitrogens with zero attached hydrogens (tertiary/aromatic N) is 1. The van der Waals surface area contributed by atoms with Gasteiger partial charge in [0.05, 0.1) is 0 Å². The fourth-order valence-electron chi connectivity index (χ4n) is 2.29. The molecular weight excluding hydrogens is 247 g/mol. The Morgan fingerprint density at radius 3 is 2.78 bits per heavy atom. The second-order valence-corrected chi connectivity index (χ2v) is 5.79. The van der Waals surface area contributed by atoms with Gasteiger partial charge in [0.15, 0.2) is 0 Å². The minimum Gasteiger partial charge on any atom is -0.389 e. The van der Waals surface area contributed by atoms with Crippen molar-refractivity contribution in [1.82, 2.24) is 4.90 Å². The van der Waals surface area contributed by atoms with Crippen molar-refractivity contribution in [1.29, 1.82) is 0 Å². The molecule has 1 saturated carbocycles. The molecule has 0 heterocycles. The molecule has 2 nitrogen and oxygen atoms in total. The fourth-order valence-corrected chi connectivity index (χ4v) is 2.45. The molecule has 0 spiro atoms. The first kappa shape index (κ1) is 13.4. The molecule has 1 aliphatic rings. The van der Waals surface area contributed by atoms with Crippen LogP contribution in [0.15, 0.2) is 18.2 Å². The molecule has 0 bridgehead atoms. The summed E-state index contributed by atoms with van der Waals surface area (Å²) in [6.07, 6.45) is 1.33. The molecule has 98 valence electrons. The SMILES string of the molecule is CC1CC1CN(C)Cc1ccc(F)c(C(N)=S)c1. The Morgan fingerprint density at radius 1 is 1.56 bits per heavy atom. The molecule has 1 aliphatic carbocycles. The molecular formula is C14H19FN2S. The molecule has 18 heavy (non-hydrogen) atoms. The largest absolute Gasteiger partial charge is 0.389 e. The molecule has 2 unspecified atom stereocenters. The van der Waals surface area contributed by atoms with Gasteiger partial charge < -0.3 is 10.6 Å². The van der Waals surface area contributed by atoms with Gasteiger partial charge in [0.2, 0.25) is 0 Å². The van der Waals surface area contributed by atoms with Crippen LogP contribution in [0.5, 0.6) is 0 Å². The summed E-state index contributed by atoms with van der Waals surface area (Å²) in [4.78, 5) is 2.39. The minimum absolute atomic E-state index is 0.118. The van der Waals surface area contributed by atoms with Gasteiger partial charge in [0.25, 0.3) is 0 Å². The predicted molar refractivity (Wildman–Crippen MR) is 75.9 cm³/mol. The second kappa shape index (κ2) is 5.33. The highest BCUT2D eigenvalue weighted by atomic mass is 32.1. The summed E-state index contributed by atoms with van der Waals surface area (Å²) in [5.41, 5.74) is 6.90. The number of hydrogen-bond donors (Lipinski definition) is 1. The third-order valence-corrected chi connectivity index (χ3v) is 3.79. The van der Waals surface area contributed by atoms with Gasteiger partial charge in [0.1, 0.15) is 10.8 Å². The standard InChI is InChI=1S/C14H19FN2S/c1-9-5-11(9)8-17(2)7-10-3-4-13(15)12(6-10)14(16)18/h3-4,6,9,11H,5,7-8H2,1-2H3,(H2,16,18). The van der Waals surface area contributed by atoms with E-state index >= 15 is 0 Å². The first-order chi connectivity index (χ1) is 8.47. The lowest BCUT2D eigenvalue weighted by Crippen LogP contribution is -2.21. The summed E-state index contributed by atoms with van der Waals surface area (Å²) in [5.74, 6) is 1.34. The zero-order chi connectivity index (χ0) is 13.3. The average molecular weight is 266 g/mol. The van der Waals surface area contributed by atoms with Gasteiger partial charge in [-0.1, -0.05) is 25.2 Å². The summed E-state index contributed by atoms with van der Waals surface area (Å²) < 4.78 is 13.4. The van der Waals surface area contributed by atoms with Gasteiger partial charge in [-0.15, -0.1) is 0 Å². The highest BCUT2D eigenvalue weighted by Gasteiger charge is 2.32. The van der Waals surface area contributed by atoms with E-state index in [0.29, 0.717) is 5.56 Å². The van der Waals surface area contributed by atoms with Gasteiger partial charge in [-0.2, -0.15) is 0 Å². The lowest BCUT2D eigenvalue weighted by Gasteiger charge is -2.17. The summed E-state index contributed by atoms with van der Waals surface area (Å²) in [6, 6.07) is 4.99. The van der Waals surface area contributed by atoms with Crippen LogP contribution >= 0.6 is 12.2 Å². The lowest BCUT2D eigenvalue weighted by molar-refractivity contribution is 0.307. The summed E-state index contributed by atoms with van der Waals surface area (Å²) in [7, 11) is 2.09. The van der Waals surface area contributed by atoms with Crippen molar-refractivity contribution in [2.24, 2.45) is 17.6 Å². The Bertz CT molecular complexity index is 461. The van der Waals surface area contributed by atoms with Crippen LogP contribution in [-0.4, -0.2) is 23.5 Å². The summed E-state index contributed by atoms with van der Waals surface area (Å²) >= 11 is 4.84. The van der Waals surface area contributed by atoms with E-state index in [-0.39, 0.29) is 10.8 Å².